The van der Waals surface area contributed by atoms with Gasteiger partial charge in [-0.3, -0.25) is 4.79 Å². The molecule has 1 aliphatic rings. The third-order valence-corrected chi connectivity index (χ3v) is 5.61. The van der Waals surface area contributed by atoms with Crippen LogP contribution >= 0.6 is 0 Å². The first-order valence-corrected chi connectivity index (χ1v) is 10.2. The molecule has 1 aromatic heterocycles. The van der Waals surface area contributed by atoms with Gasteiger partial charge in [0, 0.05) is 6.42 Å². The number of carbonyl (C=O) groups is 1. The highest BCUT2D eigenvalue weighted by Gasteiger charge is 2.33. The molecule has 31 heavy (non-hydrogen) atoms. The molecule has 0 radical (unpaired) electrons. The van der Waals surface area contributed by atoms with Gasteiger partial charge in [-0.05, 0) is 35.4 Å². The average Bonchev–Trinajstić information content (AvgIpc) is 3.45. The highest BCUT2D eigenvalue weighted by atomic mass is 16.5. The number of para-hydroxylation sites is 2. The summed E-state index contributed by atoms with van der Waals surface area (Å²) in [4.78, 5) is 17.8. The van der Waals surface area contributed by atoms with E-state index in [-0.39, 0.29) is 18.5 Å². The van der Waals surface area contributed by atoms with Crippen molar-refractivity contribution in [1.82, 2.24) is 14.6 Å². The maximum absolute atomic E-state index is 13.4. The van der Waals surface area contributed by atoms with Crippen LogP contribution in [-0.4, -0.2) is 33.3 Å². The maximum atomic E-state index is 13.4. The molecule has 2 heterocycles. The fourth-order valence-corrected chi connectivity index (χ4v) is 3.99. The van der Waals surface area contributed by atoms with E-state index >= 15 is 0 Å². The molecule has 0 N–H and O–H groups in total. The zero-order chi connectivity index (χ0) is 21.2. The number of benzene rings is 3. The molecule has 1 unspecified atom stereocenters. The van der Waals surface area contributed by atoms with E-state index in [0.29, 0.717) is 6.42 Å². The van der Waals surface area contributed by atoms with Gasteiger partial charge >= 0.3 is 0 Å². The lowest BCUT2D eigenvalue weighted by atomic mass is 9.98. The molecule has 5 rings (SSSR count). The number of hydrazone groups is 1. The summed E-state index contributed by atoms with van der Waals surface area (Å²) in [6, 6.07) is 25.5. The average molecular weight is 410 g/mol. The van der Waals surface area contributed by atoms with Gasteiger partial charge in [-0.15, -0.1) is 0 Å². The summed E-state index contributed by atoms with van der Waals surface area (Å²) in [5.41, 5.74) is 4.77. The fraction of sp³-hybridized carbons (Fsp3) is 0.160. The summed E-state index contributed by atoms with van der Waals surface area (Å²) in [5.74, 6) is 0.712. The van der Waals surface area contributed by atoms with E-state index in [9.17, 15) is 4.79 Å². The molecule has 0 saturated heterocycles. The standard InChI is InChI=1S/C25H22N4O2/c1-31-20-13-11-19(12-14-20)24-15-22(18-7-3-2-4-8-18)27-29(24)25(30)16-28-17-26-21-9-5-6-10-23(21)28/h2-14,17,24H,15-16H2,1H3. The number of hydrogen-bond acceptors (Lipinski definition) is 4. The first-order valence-electron chi connectivity index (χ1n) is 10.2. The number of methoxy groups -OCH3 is 1. The molecule has 0 spiro atoms. The van der Waals surface area contributed by atoms with Crippen LogP contribution in [0.5, 0.6) is 5.75 Å². The first-order chi connectivity index (χ1) is 15.2. The van der Waals surface area contributed by atoms with Crippen LogP contribution in [0.1, 0.15) is 23.6 Å². The van der Waals surface area contributed by atoms with Crippen LogP contribution in [0.2, 0.25) is 0 Å². The number of carbonyl (C=O) groups excluding carboxylic acids is 1. The van der Waals surface area contributed by atoms with E-state index < -0.39 is 0 Å². The van der Waals surface area contributed by atoms with Crippen molar-refractivity contribution in [3.8, 4) is 5.75 Å². The minimum atomic E-state index is -0.164. The van der Waals surface area contributed by atoms with Gasteiger partial charge in [0.2, 0.25) is 0 Å². The zero-order valence-electron chi connectivity index (χ0n) is 17.2. The minimum Gasteiger partial charge on any atom is -0.497 e. The molecular formula is C25H22N4O2. The largest absolute Gasteiger partial charge is 0.497 e. The van der Waals surface area contributed by atoms with Gasteiger partial charge in [-0.1, -0.05) is 54.6 Å². The topological polar surface area (TPSA) is 59.7 Å². The molecule has 0 aliphatic carbocycles. The SMILES string of the molecule is COc1ccc(C2CC(c3ccccc3)=NN2C(=O)Cn2cnc3ccccc32)cc1. The number of rotatable bonds is 5. The van der Waals surface area contributed by atoms with Crippen molar-refractivity contribution in [3.63, 3.8) is 0 Å². The Hall–Kier alpha value is -3.93. The van der Waals surface area contributed by atoms with Crippen molar-refractivity contribution in [2.45, 2.75) is 19.0 Å². The summed E-state index contributed by atoms with van der Waals surface area (Å²) in [5, 5.41) is 6.38. The molecule has 6 nitrogen and oxygen atoms in total. The zero-order valence-corrected chi connectivity index (χ0v) is 17.2. The van der Waals surface area contributed by atoms with Gasteiger partial charge in [0.05, 0.1) is 36.2 Å². The van der Waals surface area contributed by atoms with Gasteiger partial charge in [-0.2, -0.15) is 5.10 Å². The predicted molar refractivity (Wildman–Crippen MR) is 120 cm³/mol. The van der Waals surface area contributed by atoms with Crippen molar-refractivity contribution >= 4 is 22.7 Å². The normalized spacial score (nSPS) is 15.8. The summed E-state index contributed by atoms with van der Waals surface area (Å²) < 4.78 is 7.16. The Morgan fingerprint density at radius 2 is 1.74 bits per heavy atom. The van der Waals surface area contributed by atoms with Crippen molar-refractivity contribution < 1.29 is 9.53 Å². The third kappa shape index (κ3) is 3.68. The van der Waals surface area contributed by atoms with Crippen molar-refractivity contribution in [1.29, 1.82) is 0 Å². The summed E-state index contributed by atoms with van der Waals surface area (Å²) >= 11 is 0. The molecule has 1 amide bonds. The lowest BCUT2D eigenvalue weighted by Gasteiger charge is -2.22. The molecule has 3 aromatic carbocycles. The van der Waals surface area contributed by atoms with Crippen molar-refractivity contribution in [3.05, 3.63) is 96.3 Å². The number of nitrogens with zero attached hydrogens (tertiary/aromatic N) is 4. The quantitative estimate of drug-likeness (QED) is 0.489. The molecule has 0 saturated carbocycles. The highest BCUT2D eigenvalue weighted by molar-refractivity contribution is 6.03. The number of ether oxygens (including phenoxy) is 1. The Morgan fingerprint density at radius 1 is 1.00 bits per heavy atom. The summed E-state index contributed by atoms with van der Waals surface area (Å²) in [6.45, 7) is 0.179. The molecular weight excluding hydrogens is 388 g/mol. The van der Waals surface area contributed by atoms with Crippen LogP contribution in [0.15, 0.2) is 90.3 Å². The van der Waals surface area contributed by atoms with E-state index in [1.165, 1.54) is 0 Å². The number of fused-ring (bicyclic) bond motifs is 1. The molecule has 154 valence electrons. The predicted octanol–water partition coefficient (Wildman–Crippen LogP) is 4.42. The van der Waals surface area contributed by atoms with Gasteiger partial charge in [-0.25, -0.2) is 9.99 Å². The molecule has 1 atom stereocenters. The Morgan fingerprint density at radius 3 is 2.52 bits per heavy atom. The third-order valence-electron chi connectivity index (χ3n) is 5.61. The minimum absolute atomic E-state index is 0.0742. The molecule has 0 bridgehead atoms. The lowest BCUT2D eigenvalue weighted by molar-refractivity contribution is -0.133. The first kappa shape index (κ1) is 19.1. The van der Waals surface area contributed by atoms with Gasteiger partial charge < -0.3 is 9.30 Å². The molecule has 0 fully saturated rings. The molecule has 1 aliphatic heterocycles. The van der Waals surface area contributed by atoms with Crippen LogP contribution in [0.4, 0.5) is 0 Å². The number of imidazole rings is 1. The van der Waals surface area contributed by atoms with Crippen LogP contribution < -0.4 is 4.74 Å². The van der Waals surface area contributed by atoms with Crippen molar-refractivity contribution in [2.24, 2.45) is 5.10 Å². The van der Waals surface area contributed by atoms with Crippen LogP contribution in [-0.2, 0) is 11.3 Å². The van der Waals surface area contributed by atoms with Gasteiger partial charge in [0.15, 0.2) is 0 Å². The van der Waals surface area contributed by atoms with Gasteiger partial charge in [0.25, 0.3) is 5.91 Å². The van der Waals surface area contributed by atoms with E-state index in [0.717, 1.165) is 33.6 Å². The summed E-state index contributed by atoms with van der Waals surface area (Å²) in [7, 11) is 1.65. The van der Waals surface area contributed by atoms with Crippen LogP contribution in [0.3, 0.4) is 0 Å². The second kappa shape index (κ2) is 8.07. The Kier molecular flexibility index (Phi) is 4.96. The monoisotopic (exact) mass is 410 g/mol. The van der Waals surface area contributed by atoms with E-state index in [4.69, 9.17) is 9.84 Å². The van der Waals surface area contributed by atoms with E-state index in [1.54, 1.807) is 18.4 Å². The maximum Gasteiger partial charge on any atom is 0.263 e. The summed E-state index contributed by atoms with van der Waals surface area (Å²) in [6.07, 6.45) is 2.37. The number of aromatic nitrogens is 2. The Labute approximate surface area is 180 Å². The number of amides is 1. The van der Waals surface area contributed by atoms with Crippen LogP contribution in [0.25, 0.3) is 11.0 Å². The smallest absolute Gasteiger partial charge is 0.263 e. The highest BCUT2D eigenvalue weighted by Crippen LogP contribution is 2.34. The second-order valence-electron chi connectivity index (χ2n) is 7.51. The molecule has 4 aromatic rings. The van der Waals surface area contributed by atoms with Crippen LogP contribution in [0, 0.1) is 0 Å². The lowest BCUT2D eigenvalue weighted by Crippen LogP contribution is -2.30. The van der Waals surface area contributed by atoms with E-state index in [1.807, 2.05) is 83.4 Å². The Balaban J connectivity index is 1.47. The fourth-order valence-electron chi connectivity index (χ4n) is 3.99. The van der Waals surface area contributed by atoms with E-state index in [2.05, 4.69) is 4.98 Å². The molecule has 6 heteroatoms. The van der Waals surface area contributed by atoms with Gasteiger partial charge in [0.1, 0.15) is 12.3 Å². The second-order valence-corrected chi connectivity index (χ2v) is 7.51. The Bertz CT molecular complexity index is 1250. The number of hydrogen-bond donors (Lipinski definition) is 0. The van der Waals surface area contributed by atoms with Crippen molar-refractivity contribution in [2.75, 3.05) is 7.11 Å².